The molecule has 0 aliphatic heterocycles. The van der Waals surface area contributed by atoms with E-state index in [1.807, 2.05) is 19.2 Å². The van der Waals surface area contributed by atoms with Crippen molar-refractivity contribution in [3.05, 3.63) is 35.4 Å². The number of hydrogen-bond donors (Lipinski definition) is 1. The number of carboxylic acid groups (broad SMARTS) is 1. The zero-order chi connectivity index (χ0) is 16.2. The van der Waals surface area contributed by atoms with Crippen LogP contribution in [0.5, 0.6) is 0 Å². The molecule has 1 atom stereocenters. The Kier molecular flexibility index (Phi) is 5.15. The van der Waals surface area contributed by atoms with Gasteiger partial charge in [-0.1, -0.05) is 26.8 Å². The number of carbonyl (C=O) groups is 1. The van der Waals surface area contributed by atoms with Gasteiger partial charge in [0.25, 0.3) is 0 Å². The molecule has 4 nitrogen and oxygen atoms in total. The highest BCUT2D eigenvalue weighted by atomic mass is 16.4. The molecular formula is C17H22N2O2. The summed E-state index contributed by atoms with van der Waals surface area (Å²) in [6.45, 7) is 8.60. The molecule has 0 fully saturated rings. The van der Waals surface area contributed by atoms with Crippen LogP contribution in [0.25, 0.3) is 6.08 Å². The summed E-state index contributed by atoms with van der Waals surface area (Å²) < 4.78 is 0. The summed E-state index contributed by atoms with van der Waals surface area (Å²) in [7, 11) is 1.97. The largest absolute Gasteiger partial charge is 0.478 e. The van der Waals surface area contributed by atoms with Gasteiger partial charge in [0.15, 0.2) is 0 Å². The minimum absolute atomic E-state index is 0.0867. The highest BCUT2D eigenvalue weighted by Crippen LogP contribution is 2.29. The number of aliphatic carboxylic acids is 1. The Morgan fingerprint density at radius 1 is 1.43 bits per heavy atom. The fraction of sp³-hybridized carbons (Fsp3) is 0.412. The van der Waals surface area contributed by atoms with Crippen molar-refractivity contribution in [3.63, 3.8) is 0 Å². The Morgan fingerprint density at radius 2 is 2.05 bits per heavy atom. The summed E-state index contributed by atoms with van der Waals surface area (Å²) in [5.74, 6) is -1.00. The van der Waals surface area contributed by atoms with E-state index in [0.717, 1.165) is 11.8 Å². The van der Waals surface area contributed by atoms with Crippen LogP contribution in [-0.4, -0.2) is 24.2 Å². The second-order valence-corrected chi connectivity index (χ2v) is 6.21. The molecule has 0 saturated heterocycles. The zero-order valence-electron chi connectivity index (χ0n) is 13.2. The van der Waals surface area contributed by atoms with E-state index < -0.39 is 5.97 Å². The molecule has 1 aromatic carbocycles. The summed E-state index contributed by atoms with van der Waals surface area (Å²) in [6, 6.07) is 7.84. The van der Waals surface area contributed by atoms with E-state index in [-0.39, 0.29) is 11.5 Å². The Morgan fingerprint density at radius 3 is 2.52 bits per heavy atom. The maximum atomic E-state index is 10.5. The lowest BCUT2D eigenvalue weighted by molar-refractivity contribution is -0.131. The first kappa shape index (κ1) is 16.8. The number of anilines is 1. The first-order chi connectivity index (χ1) is 9.66. The second-order valence-electron chi connectivity index (χ2n) is 6.21. The van der Waals surface area contributed by atoms with Gasteiger partial charge < -0.3 is 10.0 Å². The number of benzene rings is 1. The Hall–Kier alpha value is -2.28. The summed E-state index contributed by atoms with van der Waals surface area (Å²) in [5, 5.41) is 18.0. The first-order valence-corrected chi connectivity index (χ1v) is 6.85. The Balaban J connectivity index is 3.16. The van der Waals surface area contributed by atoms with Crippen LogP contribution in [0.1, 0.15) is 38.8 Å². The molecule has 1 N–H and O–H groups in total. The van der Waals surface area contributed by atoms with Gasteiger partial charge in [0, 0.05) is 19.2 Å². The quantitative estimate of drug-likeness (QED) is 0.860. The van der Waals surface area contributed by atoms with E-state index in [1.54, 1.807) is 6.07 Å². The zero-order valence-corrected chi connectivity index (χ0v) is 13.2. The van der Waals surface area contributed by atoms with Crippen LogP contribution >= 0.6 is 0 Å². The Bertz CT molecular complexity index is 592. The second kappa shape index (κ2) is 6.45. The third-order valence-electron chi connectivity index (χ3n) is 3.77. The molecule has 0 saturated carbocycles. The SMILES string of the molecule is CC(N(C)c1ccc(/C=C/C(=O)O)cc1C#N)C(C)(C)C. The van der Waals surface area contributed by atoms with Crippen LogP contribution in [0.2, 0.25) is 0 Å². The minimum Gasteiger partial charge on any atom is -0.478 e. The first-order valence-electron chi connectivity index (χ1n) is 6.85. The lowest BCUT2D eigenvalue weighted by Gasteiger charge is -2.37. The number of nitrogens with zero attached hydrogens (tertiary/aromatic N) is 2. The van der Waals surface area contributed by atoms with Gasteiger partial charge in [0.05, 0.1) is 11.3 Å². The molecular weight excluding hydrogens is 264 g/mol. The molecule has 112 valence electrons. The van der Waals surface area contributed by atoms with Crippen LogP contribution in [0, 0.1) is 16.7 Å². The number of carboxylic acids is 1. The standard InChI is InChI=1S/C17H22N2O2/c1-12(17(2,3)4)19(5)15-8-6-13(7-9-16(20)21)10-14(15)11-18/h6-10,12H,1-5H3,(H,20,21)/b9-7+. The van der Waals surface area contributed by atoms with E-state index in [1.165, 1.54) is 6.08 Å². The predicted molar refractivity (Wildman–Crippen MR) is 85.1 cm³/mol. The lowest BCUT2D eigenvalue weighted by Crippen LogP contribution is -2.39. The van der Waals surface area contributed by atoms with E-state index >= 15 is 0 Å². The van der Waals surface area contributed by atoms with E-state index in [4.69, 9.17) is 5.11 Å². The fourth-order valence-electron chi connectivity index (χ4n) is 2.01. The van der Waals surface area contributed by atoms with Crippen molar-refractivity contribution in [2.45, 2.75) is 33.7 Å². The maximum Gasteiger partial charge on any atom is 0.328 e. The Labute approximate surface area is 126 Å². The molecule has 0 aliphatic carbocycles. The maximum absolute atomic E-state index is 10.5. The highest BCUT2D eigenvalue weighted by molar-refractivity contribution is 5.85. The molecule has 0 bridgehead atoms. The van der Waals surface area contributed by atoms with Crippen molar-refractivity contribution in [1.82, 2.24) is 0 Å². The molecule has 0 spiro atoms. The number of hydrogen-bond acceptors (Lipinski definition) is 3. The summed E-state index contributed by atoms with van der Waals surface area (Å²) >= 11 is 0. The molecule has 4 heteroatoms. The molecule has 0 amide bonds. The smallest absolute Gasteiger partial charge is 0.328 e. The monoisotopic (exact) mass is 286 g/mol. The van der Waals surface area contributed by atoms with Crippen LogP contribution in [0.4, 0.5) is 5.69 Å². The van der Waals surface area contributed by atoms with Gasteiger partial charge in [0.2, 0.25) is 0 Å². The minimum atomic E-state index is -1.00. The molecule has 1 rings (SSSR count). The van der Waals surface area contributed by atoms with Crippen molar-refractivity contribution in [2.75, 3.05) is 11.9 Å². The molecule has 0 radical (unpaired) electrons. The van der Waals surface area contributed by atoms with Crippen molar-refractivity contribution in [3.8, 4) is 6.07 Å². The van der Waals surface area contributed by atoms with Crippen LogP contribution < -0.4 is 4.90 Å². The van der Waals surface area contributed by atoms with Gasteiger partial charge in [-0.3, -0.25) is 0 Å². The molecule has 1 aromatic rings. The van der Waals surface area contributed by atoms with Gasteiger partial charge in [-0.05, 0) is 36.1 Å². The average Bonchev–Trinajstić information content (AvgIpc) is 2.42. The third-order valence-corrected chi connectivity index (χ3v) is 3.77. The highest BCUT2D eigenvalue weighted by Gasteiger charge is 2.25. The topological polar surface area (TPSA) is 64.3 Å². The van der Waals surface area contributed by atoms with Gasteiger partial charge in [-0.15, -0.1) is 0 Å². The van der Waals surface area contributed by atoms with Crippen molar-refractivity contribution < 1.29 is 9.90 Å². The molecule has 1 unspecified atom stereocenters. The van der Waals surface area contributed by atoms with Gasteiger partial charge >= 0.3 is 5.97 Å². The normalized spacial score (nSPS) is 13.0. The lowest BCUT2D eigenvalue weighted by atomic mass is 9.86. The van der Waals surface area contributed by atoms with Crippen LogP contribution in [-0.2, 0) is 4.79 Å². The number of nitriles is 1. The summed E-state index contributed by atoms with van der Waals surface area (Å²) in [6.07, 6.45) is 2.55. The third kappa shape index (κ3) is 4.35. The van der Waals surface area contributed by atoms with Crippen molar-refractivity contribution in [2.24, 2.45) is 5.41 Å². The fourth-order valence-corrected chi connectivity index (χ4v) is 2.01. The van der Waals surface area contributed by atoms with Crippen molar-refractivity contribution in [1.29, 1.82) is 5.26 Å². The van der Waals surface area contributed by atoms with E-state index in [0.29, 0.717) is 11.1 Å². The van der Waals surface area contributed by atoms with Gasteiger partial charge in [-0.25, -0.2) is 4.79 Å². The van der Waals surface area contributed by atoms with Gasteiger partial charge in [0.1, 0.15) is 6.07 Å². The van der Waals surface area contributed by atoms with Gasteiger partial charge in [-0.2, -0.15) is 5.26 Å². The summed E-state index contributed by atoms with van der Waals surface area (Å²) in [5.41, 5.74) is 2.19. The van der Waals surface area contributed by atoms with Crippen molar-refractivity contribution >= 4 is 17.7 Å². The molecule has 0 aromatic heterocycles. The molecule has 0 aliphatic rings. The van der Waals surface area contributed by atoms with Crippen LogP contribution in [0.15, 0.2) is 24.3 Å². The van der Waals surface area contributed by atoms with Crippen LogP contribution in [0.3, 0.4) is 0 Å². The van der Waals surface area contributed by atoms with E-state index in [9.17, 15) is 10.1 Å². The molecule has 21 heavy (non-hydrogen) atoms. The average molecular weight is 286 g/mol. The molecule has 0 heterocycles. The number of rotatable bonds is 4. The predicted octanol–water partition coefficient (Wildman–Crippen LogP) is 3.53. The van der Waals surface area contributed by atoms with E-state index in [2.05, 4.69) is 38.7 Å². The summed E-state index contributed by atoms with van der Waals surface area (Å²) in [4.78, 5) is 12.6.